The molecule has 2 nitrogen and oxygen atoms in total. The predicted molar refractivity (Wildman–Crippen MR) is 54.7 cm³/mol. The van der Waals surface area contributed by atoms with Crippen molar-refractivity contribution in [2.75, 3.05) is 6.61 Å². The van der Waals surface area contributed by atoms with Crippen LogP contribution in [0.2, 0.25) is 5.02 Å². The highest BCUT2D eigenvalue weighted by atomic mass is 35.5. The summed E-state index contributed by atoms with van der Waals surface area (Å²) in [6.45, 7) is 4.57. The third kappa shape index (κ3) is 2.44. The molecule has 0 saturated heterocycles. The molecular weight excluding hydrogens is 186 g/mol. The molecule has 2 N–H and O–H groups in total. The van der Waals surface area contributed by atoms with Gasteiger partial charge >= 0.3 is 0 Å². The van der Waals surface area contributed by atoms with Crippen molar-refractivity contribution in [1.82, 2.24) is 0 Å². The molecule has 13 heavy (non-hydrogen) atoms. The molecule has 1 atom stereocenters. The highest BCUT2D eigenvalue weighted by molar-refractivity contribution is 6.31. The van der Waals surface area contributed by atoms with Gasteiger partial charge in [-0.05, 0) is 24.1 Å². The Labute approximate surface area is 83.6 Å². The lowest BCUT2D eigenvalue weighted by Gasteiger charge is -2.14. The first-order valence-corrected chi connectivity index (χ1v) is 4.61. The number of rotatable bonds is 3. The molecule has 0 amide bonds. The minimum atomic E-state index is 0.235. The molecule has 3 heteroatoms. The van der Waals surface area contributed by atoms with Crippen molar-refractivity contribution < 1.29 is 4.84 Å². The highest BCUT2D eigenvalue weighted by Gasteiger charge is 2.11. The molecule has 0 aliphatic rings. The van der Waals surface area contributed by atoms with E-state index in [1.54, 1.807) is 0 Å². The Hall–Kier alpha value is -0.570. The molecular formula is C10H14ClNO. The molecule has 0 heterocycles. The Kier molecular flexibility index (Phi) is 3.72. The third-order valence-corrected chi connectivity index (χ3v) is 2.44. The van der Waals surface area contributed by atoms with Gasteiger partial charge < -0.3 is 4.84 Å². The van der Waals surface area contributed by atoms with Crippen LogP contribution in [0.1, 0.15) is 24.0 Å². The van der Waals surface area contributed by atoms with E-state index >= 15 is 0 Å². The van der Waals surface area contributed by atoms with Crippen molar-refractivity contribution in [2.24, 2.45) is 5.90 Å². The fourth-order valence-electron chi connectivity index (χ4n) is 1.50. The SMILES string of the molecule is Cc1cccc(Cl)c1C(C)CON. The van der Waals surface area contributed by atoms with Crippen LogP contribution >= 0.6 is 11.6 Å². The summed E-state index contributed by atoms with van der Waals surface area (Å²) in [7, 11) is 0. The lowest BCUT2D eigenvalue weighted by Crippen LogP contribution is -2.10. The standard InChI is InChI=1S/C10H14ClNO/c1-7-4-3-5-9(11)10(7)8(2)6-13-12/h3-5,8H,6,12H2,1-2H3. The maximum Gasteiger partial charge on any atom is 0.0745 e. The lowest BCUT2D eigenvalue weighted by atomic mass is 9.97. The summed E-state index contributed by atoms with van der Waals surface area (Å²) in [6.07, 6.45) is 0. The van der Waals surface area contributed by atoms with Crippen LogP contribution in [0, 0.1) is 6.92 Å². The first kappa shape index (κ1) is 10.5. The van der Waals surface area contributed by atoms with E-state index in [1.165, 1.54) is 5.56 Å². The lowest BCUT2D eigenvalue weighted by molar-refractivity contribution is 0.126. The molecule has 72 valence electrons. The highest BCUT2D eigenvalue weighted by Crippen LogP contribution is 2.27. The molecule has 0 spiro atoms. The topological polar surface area (TPSA) is 35.2 Å². The van der Waals surface area contributed by atoms with Crippen LogP contribution in [0.5, 0.6) is 0 Å². The van der Waals surface area contributed by atoms with Gasteiger partial charge in [-0.3, -0.25) is 0 Å². The normalized spacial score (nSPS) is 12.9. The van der Waals surface area contributed by atoms with Crippen molar-refractivity contribution in [3.63, 3.8) is 0 Å². The number of nitrogens with two attached hydrogens (primary N) is 1. The number of benzene rings is 1. The van der Waals surface area contributed by atoms with Gasteiger partial charge in [0.2, 0.25) is 0 Å². The zero-order valence-corrected chi connectivity index (χ0v) is 8.64. The number of halogens is 1. The molecule has 0 bridgehead atoms. The average molecular weight is 200 g/mol. The minimum absolute atomic E-state index is 0.235. The molecule has 1 rings (SSSR count). The summed E-state index contributed by atoms with van der Waals surface area (Å²) in [5.74, 6) is 5.26. The second-order valence-corrected chi connectivity index (χ2v) is 3.61. The molecule has 0 aromatic heterocycles. The molecule has 1 aromatic carbocycles. The van der Waals surface area contributed by atoms with Crippen LogP contribution in [0.4, 0.5) is 0 Å². The largest absolute Gasteiger partial charge is 0.304 e. The van der Waals surface area contributed by atoms with E-state index in [1.807, 2.05) is 32.0 Å². The van der Waals surface area contributed by atoms with E-state index in [0.29, 0.717) is 6.61 Å². The summed E-state index contributed by atoms with van der Waals surface area (Å²) in [5.41, 5.74) is 2.30. The van der Waals surface area contributed by atoms with Crippen LogP contribution in [0.15, 0.2) is 18.2 Å². The fourth-order valence-corrected chi connectivity index (χ4v) is 1.90. The van der Waals surface area contributed by atoms with E-state index < -0.39 is 0 Å². The molecule has 0 aliphatic carbocycles. The summed E-state index contributed by atoms with van der Waals surface area (Å²) < 4.78 is 0. The van der Waals surface area contributed by atoms with Crippen molar-refractivity contribution in [1.29, 1.82) is 0 Å². The summed E-state index contributed by atoms with van der Waals surface area (Å²) >= 11 is 6.06. The second-order valence-electron chi connectivity index (χ2n) is 3.20. The van der Waals surface area contributed by atoms with Crippen LogP contribution in [0.3, 0.4) is 0 Å². The zero-order valence-electron chi connectivity index (χ0n) is 7.88. The minimum Gasteiger partial charge on any atom is -0.304 e. The van der Waals surface area contributed by atoms with Gasteiger partial charge in [-0.1, -0.05) is 30.7 Å². The predicted octanol–water partition coefficient (Wildman–Crippen LogP) is 2.64. The van der Waals surface area contributed by atoms with E-state index in [-0.39, 0.29) is 5.92 Å². The first-order valence-electron chi connectivity index (χ1n) is 4.23. The monoisotopic (exact) mass is 199 g/mol. The summed E-state index contributed by atoms with van der Waals surface area (Å²) in [6, 6.07) is 5.86. The van der Waals surface area contributed by atoms with Gasteiger partial charge in [0.05, 0.1) is 6.61 Å². The van der Waals surface area contributed by atoms with E-state index in [2.05, 4.69) is 4.84 Å². The first-order chi connectivity index (χ1) is 6.16. The summed E-state index contributed by atoms with van der Waals surface area (Å²) in [4.78, 5) is 4.61. The molecule has 0 aliphatic heterocycles. The Morgan fingerprint density at radius 1 is 1.54 bits per heavy atom. The van der Waals surface area contributed by atoms with Gasteiger partial charge in [0.15, 0.2) is 0 Å². The van der Waals surface area contributed by atoms with E-state index in [4.69, 9.17) is 17.5 Å². The zero-order chi connectivity index (χ0) is 9.84. The van der Waals surface area contributed by atoms with Crippen LogP contribution in [0.25, 0.3) is 0 Å². The smallest absolute Gasteiger partial charge is 0.0745 e. The summed E-state index contributed by atoms with van der Waals surface area (Å²) in [5, 5.41) is 0.782. The number of aryl methyl sites for hydroxylation is 1. The average Bonchev–Trinajstić information content (AvgIpc) is 2.04. The molecule has 1 aromatic rings. The quantitative estimate of drug-likeness (QED) is 0.760. The van der Waals surface area contributed by atoms with Crippen LogP contribution < -0.4 is 5.90 Å². The molecule has 0 saturated carbocycles. The Bertz CT molecular complexity index is 268. The van der Waals surface area contributed by atoms with Crippen molar-refractivity contribution in [3.8, 4) is 0 Å². The van der Waals surface area contributed by atoms with Gasteiger partial charge in [-0.25, -0.2) is 5.90 Å². The molecule has 1 unspecified atom stereocenters. The van der Waals surface area contributed by atoms with E-state index in [9.17, 15) is 0 Å². The molecule has 0 fully saturated rings. The maximum absolute atomic E-state index is 6.06. The number of hydrogen-bond acceptors (Lipinski definition) is 2. The van der Waals surface area contributed by atoms with E-state index in [0.717, 1.165) is 10.6 Å². The van der Waals surface area contributed by atoms with Crippen molar-refractivity contribution in [3.05, 3.63) is 34.3 Å². The number of hydrogen-bond donors (Lipinski definition) is 1. The van der Waals surface area contributed by atoms with Gasteiger partial charge in [-0.15, -0.1) is 0 Å². The van der Waals surface area contributed by atoms with Gasteiger partial charge in [-0.2, -0.15) is 0 Å². The maximum atomic E-state index is 6.06. The van der Waals surface area contributed by atoms with Crippen LogP contribution in [-0.2, 0) is 4.84 Å². The third-order valence-electron chi connectivity index (χ3n) is 2.11. The Morgan fingerprint density at radius 3 is 2.77 bits per heavy atom. The fraction of sp³-hybridized carbons (Fsp3) is 0.400. The van der Waals surface area contributed by atoms with Crippen molar-refractivity contribution in [2.45, 2.75) is 19.8 Å². The van der Waals surface area contributed by atoms with Gasteiger partial charge in [0, 0.05) is 10.9 Å². The second kappa shape index (κ2) is 4.61. The van der Waals surface area contributed by atoms with Gasteiger partial charge in [0.25, 0.3) is 0 Å². The van der Waals surface area contributed by atoms with Crippen molar-refractivity contribution >= 4 is 11.6 Å². The Morgan fingerprint density at radius 2 is 2.23 bits per heavy atom. The van der Waals surface area contributed by atoms with Crippen LogP contribution in [-0.4, -0.2) is 6.61 Å². The molecule has 0 radical (unpaired) electrons. The van der Waals surface area contributed by atoms with Gasteiger partial charge in [0.1, 0.15) is 0 Å². The Balaban J connectivity index is 2.98.